The van der Waals surface area contributed by atoms with Crippen LogP contribution in [0.3, 0.4) is 0 Å². The van der Waals surface area contributed by atoms with Crippen LogP contribution in [0.4, 0.5) is 0 Å². The van der Waals surface area contributed by atoms with Crippen LogP contribution in [0.1, 0.15) is 22.9 Å². The molecule has 5 heteroatoms. The highest BCUT2D eigenvalue weighted by molar-refractivity contribution is 5.86. The molecule has 0 aliphatic rings. The molecule has 0 amide bonds. The van der Waals surface area contributed by atoms with E-state index in [1.54, 1.807) is 0 Å². The quantitative estimate of drug-likeness (QED) is 0.381. The first-order valence-electron chi connectivity index (χ1n) is 6.15. The molecule has 0 aliphatic heterocycles. The third kappa shape index (κ3) is 2.93. The van der Waals surface area contributed by atoms with Crippen molar-refractivity contribution in [2.45, 2.75) is 26.3 Å². The molecule has 0 radical (unpaired) electrons. The Bertz CT molecular complexity index is 574. The van der Waals surface area contributed by atoms with Gasteiger partial charge in [0.05, 0.1) is 18.2 Å². The van der Waals surface area contributed by atoms with E-state index in [1.165, 1.54) is 0 Å². The Labute approximate surface area is 112 Å². The van der Waals surface area contributed by atoms with Gasteiger partial charge in [-0.3, -0.25) is 4.68 Å². The van der Waals surface area contributed by atoms with Crippen LogP contribution in [0.25, 0.3) is 0 Å². The van der Waals surface area contributed by atoms with Crippen molar-refractivity contribution in [2.75, 3.05) is 0 Å². The van der Waals surface area contributed by atoms with Gasteiger partial charge in [-0.15, -0.1) is 0 Å². The number of benzene rings is 1. The van der Waals surface area contributed by atoms with E-state index in [1.807, 2.05) is 54.9 Å². The van der Waals surface area contributed by atoms with Crippen LogP contribution in [-0.2, 0) is 6.54 Å². The summed E-state index contributed by atoms with van der Waals surface area (Å²) in [5.41, 5.74) is 8.84. The van der Waals surface area contributed by atoms with Crippen LogP contribution in [0.15, 0.2) is 41.6 Å². The largest absolute Gasteiger partial charge is 0.409 e. The van der Waals surface area contributed by atoms with Crippen molar-refractivity contribution in [3.63, 3.8) is 0 Å². The molecular formula is C14H18N4O. The lowest BCUT2D eigenvalue weighted by molar-refractivity contribution is 0.315. The molecule has 19 heavy (non-hydrogen) atoms. The highest BCUT2D eigenvalue weighted by atomic mass is 16.4. The van der Waals surface area contributed by atoms with E-state index in [4.69, 9.17) is 10.9 Å². The maximum Gasteiger partial charge on any atom is 0.148 e. The van der Waals surface area contributed by atoms with E-state index < -0.39 is 0 Å². The molecular weight excluding hydrogens is 240 g/mol. The van der Waals surface area contributed by atoms with Crippen molar-refractivity contribution in [2.24, 2.45) is 10.9 Å². The third-order valence-electron chi connectivity index (χ3n) is 3.13. The van der Waals surface area contributed by atoms with Gasteiger partial charge < -0.3 is 10.9 Å². The van der Waals surface area contributed by atoms with Gasteiger partial charge in [0.15, 0.2) is 0 Å². The number of hydrogen-bond acceptors (Lipinski definition) is 3. The average molecular weight is 258 g/mol. The number of nitrogens with zero attached hydrogens (tertiary/aromatic N) is 3. The molecule has 100 valence electrons. The second kappa shape index (κ2) is 5.56. The van der Waals surface area contributed by atoms with Gasteiger partial charge in [-0.1, -0.05) is 35.5 Å². The number of oxime groups is 1. The molecule has 0 bridgehead atoms. The summed E-state index contributed by atoms with van der Waals surface area (Å²) in [4.78, 5) is 0. The molecule has 0 saturated carbocycles. The Morgan fingerprint density at radius 1 is 1.37 bits per heavy atom. The second-order valence-electron chi connectivity index (χ2n) is 4.60. The van der Waals surface area contributed by atoms with Crippen LogP contribution in [-0.4, -0.2) is 20.8 Å². The standard InChI is InChI=1S/C14H18N4O/c1-10-8-11(2)18(16-10)9-13(14(15)17-19)12-6-4-3-5-7-12/h3-8,13,19H,9H2,1-2H3,(H2,15,17). The zero-order chi connectivity index (χ0) is 13.8. The molecule has 0 saturated heterocycles. The van der Waals surface area contributed by atoms with Crippen LogP contribution in [0.2, 0.25) is 0 Å². The Hall–Kier alpha value is -2.30. The number of nitrogens with two attached hydrogens (primary N) is 1. The van der Waals surface area contributed by atoms with E-state index >= 15 is 0 Å². The fourth-order valence-corrected chi connectivity index (χ4v) is 2.16. The van der Waals surface area contributed by atoms with E-state index in [-0.39, 0.29) is 11.8 Å². The highest BCUT2D eigenvalue weighted by Crippen LogP contribution is 2.19. The second-order valence-corrected chi connectivity index (χ2v) is 4.60. The van der Waals surface area contributed by atoms with E-state index in [0.717, 1.165) is 17.0 Å². The Balaban J connectivity index is 2.32. The molecule has 1 aromatic carbocycles. The Morgan fingerprint density at radius 2 is 2.05 bits per heavy atom. The van der Waals surface area contributed by atoms with Crippen LogP contribution >= 0.6 is 0 Å². The molecule has 2 aromatic rings. The maximum absolute atomic E-state index is 8.95. The lowest BCUT2D eigenvalue weighted by Gasteiger charge is -2.17. The van der Waals surface area contributed by atoms with Gasteiger partial charge in [-0.25, -0.2) is 0 Å². The zero-order valence-electron chi connectivity index (χ0n) is 11.1. The molecule has 1 atom stereocenters. The topological polar surface area (TPSA) is 76.4 Å². The third-order valence-corrected chi connectivity index (χ3v) is 3.13. The van der Waals surface area contributed by atoms with Gasteiger partial charge in [0, 0.05) is 5.69 Å². The first kappa shape index (κ1) is 13.1. The fraction of sp³-hybridized carbons (Fsp3) is 0.286. The van der Waals surface area contributed by atoms with Crippen LogP contribution in [0, 0.1) is 13.8 Å². The number of aromatic nitrogens is 2. The molecule has 0 spiro atoms. The van der Waals surface area contributed by atoms with Crippen molar-refractivity contribution in [1.29, 1.82) is 0 Å². The zero-order valence-corrected chi connectivity index (χ0v) is 11.1. The van der Waals surface area contributed by atoms with Crippen LogP contribution in [0.5, 0.6) is 0 Å². The Morgan fingerprint density at radius 3 is 2.58 bits per heavy atom. The van der Waals surface area contributed by atoms with E-state index in [9.17, 15) is 0 Å². The average Bonchev–Trinajstić information content (AvgIpc) is 2.74. The van der Waals surface area contributed by atoms with Crippen molar-refractivity contribution < 1.29 is 5.21 Å². The number of rotatable bonds is 4. The van der Waals surface area contributed by atoms with Gasteiger partial charge in [-0.2, -0.15) is 5.10 Å². The van der Waals surface area contributed by atoms with Crippen molar-refractivity contribution in [3.8, 4) is 0 Å². The molecule has 2 rings (SSSR count). The predicted octanol–water partition coefficient (Wildman–Crippen LogP) is 2.03. The predicted molar refractivity (Wildman–Crippen MR) is 74.3 cm³/mol. The SMILES string of the molecule is Cc1cc(C)n(CC(C(N)=NO)c2ccccc2)n1. The molecule has 0 fully saturated rings. The summed E-state index contributed by atoms with van der Waals surface area (Å²) in [6.45, 7) is 4.50. The molecule has 1 aromatic heterocycles. The van der Waals surface area contributed by atoms with Gasteiger partial charge >= 0.3 is 0 Å². The monoisotopic (exact) mass is 258 g/mol. The summed E-state index contributed by atoms with van der Waals surface area (Å²) < 4.78 is 1.88. The lowest BCUT2D eigenvalue weighted by atomic mass is 9.98. The van der Waals surface area contributed by atoms with Crippen LogP contribution < -0.4 is 5.73 Å². The number of hydrogen-bond donors (Lipinski definition) is 2. The van der Waals surface area contributed by atoms with E-state index in [2.05, 4.69) is 10.3 Å². The first-order chi connectivity index (χ1) is 9.11. The normalized spacial score (nSPS) is 13.5. The first-order valence-corrected chi connectivity index (χ1v) is 6.15. The fourth-order valence-electron chi connectivity index (χ4n) is 2.16. The Kier molecular flexibility index (Phi) is 3.85. The molecule has 1 heterocycles. The summed E-state index contributed by atoms with van der Waals surface area (Å²) in [6, 6.07) is 11.8. The highest BCUT2D eigenvalue weighted by Gasteiger charge is 2.18. The smallest absolute Gasteiger partial charge is 0.148 e. The molecule has 0 aliphatic carbocycles. The van der Waals surface area contributed by atoms with Gasteiger partial charge in [0.25, 0.3) is 0 Å². The summed E-state index contributed by atoms with van der Waals surface area (Å²) in [7, 11) is 0. The van der Waals surface area contributed by atoms with E-state index in [0.29, 0.717) is 6.54 Å². The van der Waals surface area contributed by atoms with Crippen molar-refractivity contribution >= 4 is 5.84 Å². The maximum atomic E-state index is 8.95. The van der Waals surface area contributed by atoms with Gasteiger partial charge in [-0.05, 0) is 25.5 Å². The summed E-state index contributed by atoms with van der Waals surface area (Å²) in [6.07, 6.45) is 0. The van der Waals surface area contributed by atoms with Gasteiger partial charge in [0.1, 0.15) is 5.84 Å². The molecule has 3 N–H and O–H groups in total. The number of aryl methyl sites for hydroxylation is 2. The van der Waals surface area contributed by atoms with Crippen molar-refractivity contribution in [3.05, 3.63) is 53.3 Å². The van der Waals surface area contributed by atoms with Crippen molar-refractivity contribution in [1.82, 2.24) is 9.78 Å². The summed E-state index contributed by atoms with van der Waals surface area (Å²) in [5, 5.41) is 16.5. The minimum atomic E-state index is -0.191. The lowest BCUT2D eigenvalue weighted by Crippen LogP contribution is -2.26. The van der Waals surface area contributed by atoms with Gasteiger partial charge in [0.2, 0.25) is 0 Å². The summed E-state index contributed by atoms with van der Waals surface area (Å²) >= 11 is 0. The molecule has 5 nitrogen and oxygen atoms in total. The molecule has 1 unspecified atom stereocenters. The minimum absolute atomic E-state index is 0.191. The minimum Gasteiger partial charge on any atom is -0.409 e. The summed E-state index contributed by atoms with van der Waals surface area (Å²) in [5.74, 6) is 0.00273. The number of amidine groups is 1.